The Labute approximate surface area is 177 Å². The van der Waals surface area contributed by atoms with Crippen LogP contribution in [0.4, 0.5) is 0 Å². The molecule has 0 heterocycles. The van der Waals surface area contributed by atoms with Crippen LogP contribution in [0.1, 0.15) is 63.5 Å². The van der Waals surface area contributed by atoms with Crippen molar-refractivity contribution in [2.75, 3.05) is 6.54 Å². The Kier molecular flexibility index (Phi) is 9.90. The molecule has 0 aliphatic carbocycles. The minimum atomic E-state index is -5.42. The standard InChI is InChI=1S/C19H33NO8P2/c1-14(2)13-16-7-9-17(10-8-16)15(3)18(21)20-12-6-4-5-11-19(22,29(23,24)25)30(26,27)28/h7-10,14-15,22H,4-6,11-13H2,1-3H3,(H,20,21)(H2,23,24,25)(H2,26,27,28). The molecule has 11 heteroatoms. The van der Waals surface area contributed by atoms with E-state index in [1.165, 1.54) is 5.56 Å². The molecule has 1 aromatic rings. The van der Waals surface area contributed by atoms with Gasteiger partial charge in [-0.1, -0.05) is 44.5 Å². The number of unbranched alkanes of at least 4 members (excludes halogenated alkanes) is 2. The highest BCUT2D eigenvalue weighted by molar-refractivity contribution is 7.72. The predicted octanol–water partition coefficient (Wildman–Crippen LogP) is 2.67. The summed E-state index contributed by atoms with van der Waals surface area (Å²) in [6.45, 7) is 6.39. The van der Waals surface area contributed by atoms with Crippen LogP contribution < -0.4 is 5.32 Å². The Hall–Kier alpha value is -1.05. The highest BCUT2D eigenvalue weighted by Crippen LogP contribution is 2.69. The maximum atomic E-state index is 12.3. The summed E-state index contributed by atoms with van der Waals surface area (Å²) in [5, 5.41) is 9.20. The summed E-state index contributed by atoms with van der Waals surface area (Å²) in [5.41, 5.74) is 2.11. The van der Waals surface area contributed by atoms with Crippen molar-refractivity contribution in [3.05, 3.63) is 35.4 Å². The van der Waals surface area contributed by atoms with Crippen LogP contribution in [0.25, 0.3) is 0 Å². The van der Waals surface area contributed by atoms with Crippen LogP contribution in [0.2, 0.25) is 0 Å². The van der Waals surface area contributed by atoms with Gasteiger partial charge in [-0.25, -0.2) is 0 Å². The fourth-order valence-electron chi connectivity index (χ4n) is 3.05. The number of nitrogens with one attached hydrogen (secondary N) is 1. The highest BCUT2D eigenvalue weighted by atomic mass is 31.2. The van der Waals surface area contributed by atoms with E-state index in [4.69, 9.17) is 19.6 Å². The van der Waals surface area contributed by atoms with Gasteiger partial charge in [0.25, 0.3) is 5.08 Å². The SMILES string of the molecule is CC(C)Cc1ccc(C(C)C(=O)NCCCCCC(O)(P(=O)(O)O)P(=O)(O)O)cc1. The number of rotatable bonds is 12. The molecule has 9 nitrogen and oxygen atoms in total. The molecule has 0 aromatic heterocycles. The molecular weight excluding hydrogens is 432 g/mol. The second-order valence-corrected chi connectivity index (χ2v) is 12.0. The molecule has 0 radical (unpaired) electrons. The van der Waals surface area contributed by atoms with Crippen molar-refractivity contribution in [1.82, 2.24) is 5.32 Å². The van der Waals surface area contributed by atoms with Crippen molar-refractivity contribution in [2.45, 2.75) is 63.9 Å². The maximum Gasteiger partial charge on any atom is 0.369 e. The molecule has 0 fully saturated rings. The molecule has 0 bridgehead atoms. The number of amides is 1. The summed E-state index contributed by atoms with van der Waals surface area (Å²) in [6.07, 6.45) is 0.967. The van der Waals surface area contributed by atoms with Gasteiger partial charge in [-0.05, 0) is 49.7 Å². The number of aliphatic hydroxyl groups is 1. The van der Waals surface area contributed by atoms with Gasteiger partial charge in [-0.3, -0.25) is 13.9 Å². The van der Waals surface area contributed by atoms with E-state index < -0.39 is 26.7 Å². The molecule has 30 heavy (non-hydrogen) atoms. The number of carbonyl (C=O) groups excluding carboxylic acids is 1. The molecule has 0 saturated carbocycles. The van der Waals surface area contributed by atoms with E-state index >= 15 is 0 Å². The van der Waals surface area contributed by atoms with Crippen LogP contribution in [-0.2, 0) is 20.3 Å². The first-order chi connectivity index (χ1) is 13.7. The van der Waals surface area contributed by atoms with Crippen molar-refractivity contribution in [2.24, 2.45) is 5.92 Å². The van der Waals surface area contributed by atoms with Gasteiger partial charge in [0.15, 0.2) is 0 Å². The van der Waals surface area contributed by atoms with Crippen LogP contribution in [0.5, 0.6) is 0 Å². The smallest absolute Gasteiger partial charge is 0.368 e. The Bertz CT molecular complexity index is 762. The van der Waals surface area contributed by atoms with Crippen molar-refractivity contribution in [3.8, 4) is 0 Å². The highest BCUT2D eigenvalue weighted by Gasteiger charge is 2.58. The minimum Gasteiger partial charge on any atom is -0.368 e. The first-order valence-corrected chi connectivity index (χ1v) is 13.1. The van der Waals surface area contributed by atoms with E-state index in [0.29, 0.717) is 25.3 Å². The third-order valence-corrected chi connectivity index (χ3v) is 8.81. The molecule has 1 unspecified atom stereocenters. The zero-order valence-corrected chi connectivity index (χ0v) is 19.4. The Morgan fingerprint density at radius 3 is 1.97 bits per heavy atom. The summed E-state index contributed by atoms with van der Waals surface area (Å²) in [7, 11) is -10.8. The topological polar surface area (TPSA) is 164 Å². The van der Waals surface area contributed by atoms with Crippen LogP contribution in [-0.4, -0.2) is 42.2 Å². The summed E-state index contributed by atoms with van der Waals surface area (Å²) in [5.74, 6) is 0.0528. The van der Waals surface area contributed by atoms with Gasteiger partial charge in [0.05, 0.1) is 5.92 Å². The van der Waals surface area contributed by atoms with Gasteiger partial charge >= 0.3 is 15.2 Å². The Morgan fingerprint density at radius 1 is 0.967 bits per heavy atom. The lowest BCUT2D eigenvalue weighted by Gasteiger charge is -2.29. The first-order valence-electron chi connectivity index (χ1n) is 9.89. The zero-order valence-electron chi connectivity index (χ0n) is 17.6. The third kappa shape index (κ3) is 7.57. The molecule has 1 aromatic carbocycles. The quantitative estimate of drug-likeness (QED) is 0.203. The van der Waals surface area contributed by atoms with E-state index in [2.05, 4.69) is 19.2 Å². The summed E-state index contributed by atoms with van der Waals surface area (Å²) < 4.78 is 22.6. The summed E-state index contributed by atoms with van der Waals surface area (Å²) in [6, 6.07) is 7.91. The van der Waals surface area contributed by atoms with Crippen LogP contribution in [0.15, 0.2) is 24.3 Å². The van der Waals surface area contributed by atoms with E-state index in [1.807, 2.05) is 24.3 Å². The molecule has 1 atom stereocenters. The summed E-state index contributed by atoms with van der Waals surface area (Å²) in [4.78, 5) is 48.7. The van der Waals surface area contributed by atoms with E-state index in [0.717, 1.165) is 12.0 Å². The lowest BCUT2D eigenvalue weighted by molar-refractivity contribution is -0.122. The lowest BCUT2D eigenvalue weighted by atomic mass is 9.96. The van der Waals surface area contributed by atoms with Gasteiger partial charge < -0.3 is 30.0 Å². The molecule has 0 aliphatic heterocycles. The van der Waals surface area contributed by atoms with Crippen LogP contribution >= 0.6 is 15.2 Å². The zero-order chi connectivity index (χ0) is 23.2. The predicted molar refractivity (Wildman–Crippen MR) is 114 cm³/mol. The van der Waals surface area contributed by atoms with Gasteiger partial charge in [-0.2, -0.15) is 0 Å². The molecule has 1 amide bonds. The van der Waals surface area contributed by atoms with Crippen molar-refractivity contribution >= 4 is 21.1 Å². The molecule has 0 aliphatic rings. The summed E-state index contributed by atoms with van der Waals surface area (Å²) >= 11 is 0. The fourth-order valence-corrected chi connectivity index (χ4v) is 5.31. The minimum absolute atomic E-state index is 0.0184. The molecule has 0 saturated heterocycles. The van der Waals surface area contributed by atoms with Gasteiger partial charge in [0.1, 0.15) is 0 Å². The monoisotopic (exact) mass is 465 g/mol. The normalized spacial score (nSPS) is 14.0. The third-order valence-electron chi connectivity index (χ3n) is 4.94. The maximum absolute atomic E-state index is 12.3. The van der Waals surface area contributed by atoms with Crippen molar-refractivity contribution in [1.29, 1.82) is 0 Å². The van der Waals surface area contributed by atoms with Crippen molar-refractivity contribution < 1.29 is 38.6 Å². The molecule has 172 valence electrons. The number of benzene rings is 1. The largest absolute Gasteiger partial charge is 0.369 e. The molecule has 0 spiro atoms. The van der Waals surface area contributed by atoms with Gasteiger partial charge in [0, 0.05) is 6.54 Å². The molecule has 6 N–H and O–H groups in total. The average molecular weight is 465 g/mol. The Balaban J connectivity index is 2.44. The number of hydrogen-bond acceptors (Lipinski definition) is 4. The van der Waals surface area contributed by atoms with Crippen LogP contribution in [0.3, 0.4) is 0 Å². The molecule has 1 rings (SSSR count). The number of hydrogen-bond donors (Lipinski definition) is 6. The van der Waals surface area contributed by atoms with Crippen LogP contribution in [0, 0.1) is 5.92 Å². The lowest BCUT2D eigenvalue weighted by Crippen LogP contribution is -2.29. The van der Waals surface area contributed by atoms with E-state index in [1.54, 1.807) is 6.92 Å². The second-order valence-electron chi connectivity index (χ2n) is 8.03. The first kappa shape index (κ1) is 27.0. The van der Waals surface area contributed by atoms with E-state index in [9.17, 15) is 19.0 Å². The fraction of sp³-hybridized carbons (Fsp3) is 0.632. The van der Waals surface area contributed by atoms with Gasteiger partial charge in [0.2, 0.25) is 5.91 Å². The van der Waals surface area contributed by atoms with E-state index in [-0.39, 0.29) is 18.2 Å². The average Bonchev–Trinajstić information content (AvgIpc) is 2.61. The second kappa shape index (κ2) is 11.0. The molecular formula is C19H33NO8P2. The Morgan fingerprint density at radius 2 is 1.50 bits per heavy atom. The van der Waals surface area contributed by atoms with Gasteiger partial charge in [-0.15, -0.1) is 0 Å². The van der Waals surface area contributed by atoms with Crippen molar-refractivity contribution in [3.63, 3.8) is 0 Å². The number of carbonyl (C=O) groups is 1.